The SMILES string of the molecule is C=C=C(C=C1CCCC1)C1=C(C)CC=CC=C1. The predicted octanol–water partition coefficient (Wildman–Crippen LogP) is 5.03. The highest BCUT2D eigenvalue weighted by Gasteiger charge is 2.10. The number of hydrogen-bond acceptors (Lipinski definition) is 0. The Labute approximate surface area is 104 Å². The van der Waals surface area contributed by atoms with Gasteiger partial charge < -0.3 is 0 Å². The fraction of sp³-hybridized carbons (Fsp3) is 0.353. The number of rotatable bonds is 2. The Balaban J connectivity index is 2.30. The minimum atomic E-state index is 1.02. The first kappa shape index (κ1) is 12.0. The summed E-state index contributed by atoms with van der Waals surface area (Å²) in [6.45, 7) is 6.04. The van der Waals surface area contributed by atoms with Crippen LogP contribution in [0, 0.1) is 0 Å². The van der Waals surface area contributed by atoms with Gasteiger partial charge in [-0.3, -0.25) is 0 Å². The van der Waals surface area contributed by atoms with Crippen LogP contribution >= 0.6 is 0 Å². The molecular formula is C17H20. The third kappa shape index (κ3) is 2.99. The van der Waals surface area contributed by atoms with Gasteiger partial charge in [-0.05, 0) is 50.7 Å². The molecule has 0 N–H and O–H groups in total. The smallest absolute Gasteiger partial charge is 0.0229 e. The minimum Gasteiger partial charge on any atom is -0.120 e. The molecule has 0 amide bonds. The van der Waals surface area contributed by atoms with E-state index in [1.54, 1.807) is 5.57 Å². The molecule has 0 aliphatic heterocycles. The van der Waals surface area contributed by atoms with E-state index >= 15 is 0 Å². The predicted molar refractivity (Wildman–Crippen MR) is 74.8 cm³/mol. The molecule has 0 heteroatoms. The maximum atomic E-state index is 3.85. The molecule has 1 fully saturated rings. The minimum absolute atomic E-state index is 1.02. The van der Waals surface area contributed by atoms with Crippen molar-refractivity contribution in [1.82, 2.24) is 0 Å². The van der Waals surface area contributed by atoms with Crippen LogP contribution in [0.15, 0.2) is 65.0 Å². The normalized spacial score (nSPS) is 19.2. The van der Waals surface area contributed by atoms with Gasteiger partial charge in [0.05, 0.1) is 0 Å². The van der Waals surface area contributed by atoms with Crippen molar-refractivity contribution in [3.05, 3.63) is 65.0 Å². The van der Waals surface area contributed by atoms with Crippen LogP contribution in [0.5, 0.6) is 0 Å². The van der Waals surface area contributed by atoms with E-state index in [4.69, 9.17) is 0 Å². The lowest BCUT2D eigenvalue weighted by Crippen LogP contribution is -1.88. The molecule has 0 bridgehead atoms. The van der Waals surface area contributed by atoms with Crippen LogP contribution in [0.2, 0.25) is 0 Å². The van der Waals surface area contributed by atoms with Crippen LogP contribution in [0.3, 0.4) is 0 Å². The molecule has 0 radical (unpaired) electrons. The van der Waals surface area contributed by atoms with E-state index < -0.39 is 0 Å². The van der Waals surface area contributed by atoms with Crippen molar-refractivity contribution in [1.29, 1.82) is 0 Å². The molecule has 0 unspecified atom stereocenters. The van der Waals surface area contributed by atoms with E-state index in [-0.39, 0.29) is 0 Å². The Hall–Kier alpha value is -1.52. The Bertz CT molecular complexity index is 452. The zero-order valence-corrected chi connectivity index (χ0v) is 10.6. The molecule has 2 rings (SSSR count). The fourth-order valence-electron chi connectivity index (χ4n) is 2.45. The zero-order chi connectivity index (χ0) is 12.1. The fourth-order valence-corrected chi connectivity index (χ4v) is 2.45. The van der Waals surface area contributed by atoms with E-state index in [9.17, 15) is 0 Å². The van der Waals surface area contributed by atoms with Crippen molar-refractivity contribution in [2.75, 3.05) is 0 Å². The first-order chi connectivity index (χ1) is 8.31. The number of allylic oxidation sites excluding steroid dienone is 9. The Morgan fingerprint density at radius 2 is 2.06 bits per heavy atom. The first-order valence-electron chi connectivity index (χ1n) is 6.44. The molecular weight excluding hydrogens is 204 g/mol. The molecule has 2 aliphatic carbocycles. The summed E-state index contributed by atoms with van der Waals surface area (Å²) in [5, 5.41) is 0. The van der Waals surface area contributed by atoms with Crippen LogP contribution < -0.4 is 0 Å². The highest BCUT2D eigenvalue weighted by atomic mass is 14.1. The van der Waals surface area contributed by atoms with Crippen molar-refractivity contribution in [3.8, 4) is 0 Å². The molecule has 0 atom stereocenters. The second kappa shape index (κ2) is 5.70. The van der Waals surface area contributed by atoms with Gasteiger partial charge in [0.2, 0.25) is 0 Å². The van der Waals surface area contributed by atoms with Crippen molar-refractivity contribution >= 4 is 0 Å². The van der Waals surface area contributed by atoms with Crippen molar-refractivity contribution in [2.24, 2.45) is 0 Å². The Morgan fingerprint density at radius 3 is 2.76 bits per heavy atom. The Kier molecular flexibility index (Phi) is 4.01. The summed E-state index contributed by atoms with van der Waals surface area (Å²) in [7, 11) is 0. The van der Waals surface area contributed by atoms with Gasteiger partial charge in [-0.15, -0.1) is 5.73 Å². The topological polar surface area (TPSA) is 0 Å². The van der Waals surface area contributed by atoms with E-state index in [0.717, 1.165) is 6.42 Å². The summed E-state index contributed by atoms with van der Waals surface area (Å²) in [6.07, 6.45) is 17.1. The summed E-state index contributed by atoms with van der Waals surface area (Å²) < 4.78 is 0. The Morgan fingerprint density at radius 1 is 1.29 bits per heavy atom. The van der Waals surface area contributed by atoms with E-state index in [2.05, 4.69) is 49.6 Å². The molecule has 2 aliphatic rings. The second-order valence-electron chi connectivity index (χ2n) is 4.79. The number of hydrogen-bond donors (Lipinski definition) is 0. The first-order valence-corrected chi connectivity index (χ1v) is 6.44. The molecule has 0 heterocycles. The zero-order valence-electron chi connectivity index (χ0n) is 10.6. The summed E-state index contributed by atoms with van der Waals surface area (Å²) in [6, 6.07) is 0. The highest BCUT2D eigenvalue weighted by molar-refractivity contribution is 5.51. The molecule has 0 aromatic carbocycles. The van der Waals surface area contributed by atoms with Gasteiger partial charge >= 0.3 is 0 Å². The summed E-state index contributed by atoms with van der Waals surface area (Å²) in [5.74, 6) is 0. The maximum absolute atomic E-state index is 3.85. The average molecular weight is 224 g/mol. The summed E-state index contributed by atoms with van der Waals surface area (Å²) in [4.78, 5) is 0. The molecule has 17 heavy (non-hydrogen) atoms. The average Bonchev–Trinajstić information content (AvgIpc) is 2.75. The molecule has 0 nitrogen and oxygen atoms in total. The lowest BCUT2D eigenvalue weighted by molar-refractivity contribution is 0.886. The van der Waals surface area contributed by atoms with Crippen LogP contribution in [0.4, 0.5) is 0 Å². The molecule has 88 valence electrons. The quantitative estimate of drug-likeness (QED) is 0.577. The maximum Gasteiger partial charge on any atom is 0.0229 e. The molecule has 1 saturated carbocycles. The van der Waals surface area contributed by atoms with Gasteiger partial charge in [-0.1, -0.05) is 42.0 Å². The third-order valence-corrected chi connectivity index (χ3v) is 3.47. The highest BCUT2D eigenvalue weighted by Crippen LogP contribution is 2.28. The summed E-state index contributed by atoms with van der Waals surface area (Å²) >= 11 is 0. The molecule has 0 aromatic heterocycles. The van der Waals surface area contributed by atoms with Crippen molar-refractivity contribution in [3.63, 3.8) is 0 Å². The molecule has 0 spiro atoms. The van der Waals surface area contributed by atoms with Gasteiger partial charge in [0, 0.05) is 5.57 Å². The van der Waals surface area contributed by atoms with Crippen LogP contribution in [-0.2, 0) is 0 Å². The van der Waals surface area contributed by atoms with Gasteiger partial charge in [0.25, 0.3) is 0 Å². The van der Waals surface area contributed by atoms with E-state index in [1.807, 2.05) is 0 Å². The molecule has 0 aromatic rings. The van der Waals surface area contributed by atoms with E-state index in [0.29, 0.717) is 0 Å². The van der Waals surface area contributed by atoms with E-state index in [1.165, 1.54) is 42.4 Å². The second-order valence-corrected chi connectivity index (χ2v) is 4.79. The van der Waals surface area contributed by atoms with Gasteiger partial charge in [0.15, 0.2) is 0 Å². The van der Waals surface area contributed by atoms with Gasteiger partial charge in [-0.2, -0.15) is 0 Å². The summed E-state index contributed by atoms with van der Waals surface area (Å²) in [5.41, 5.74) is 8.53. The monoisotopic (exact) mass is 224 g/mol. The van der Waals surface area contributed by atoms with Crippen molar-refractivity contribution < 1.29 is 0 Å². The van der Waals surface area contributed by atoms with Crippen molar-refractivity contribution in [2.45, 2.75) is 39.0 Å². The van der Waals surface area contributed by atoms with Gasteiger partial charge in [0.1, 0.15) is 0 Å². The third-order valence-electron chi connectivity index (χ3n) is 3.47. The van der Waals surface area contributed by atoms with Crippen LogP contribution in [0.1, 0.15) is 39.0 Å². The molecule has 0 saturated heterocycles. The van der Waals surface area contributed by atoms with Gasteiger partial charge in [-0.25, -0.2) is 0 Å². The standard InChI is InChI=1S/C17H20/c1-3-16(13-15-10-7-8-11-15)17-12-6-4-5-9-14(17)2/h4-6,12-13H,1,7-11H2,2H3. The van der Waals surface area contributed by atoms with Crippen LogP contribution in [0.25, 0.3) is 0 Å². The lowest BCUT2D eigenvalue weighted by atomic mass is 9.97. The lowest BCUT2D eigenvalue weighted by Gasteiger charge is -2.07. The largest absolute Gasteiger partial charge is 0.120 e. The van der Waals surface area contributed by atoms with Crippen LogP contribution in [-0.4, -0.2) is 0 Å².